The summed E-state index contributed by atoms with van der Waals surface area (Å²) in [6.07, 6.45) is 4.66. The lowest BCUT2D eigenvalue weighted by molar-refractivity contribution is 0.0600. The SMILES string of the molecule is COC(=O)c1ccc(N2CCC(Cn3c(C4CC4)nc4ccc(C(c5ccc(Cl)cc5)c5ccc(Cl)cc5)cc43)CC2)cc1. The van der Waals surface area contributed by atoms with Gasteiger partial charge in [0.25, 0.3) is 0 Å². The van der Waals surface area contributed by atoms with Crippen molar-refractivity contribution in [1.29, 1.82) is 0 Å². The van der Waals surface area contributed by atoms with E-state index in [9.17, 15) is 4.79 Å². The van der Waals surface area contributed by atoms with Crippen LogP contribution >= 0.6 is 23.2 Å². The van der Waals surface area contributed by atoms with E-state index in [-0.39, 0.29) is 11.9 Å². The zero-order valence-electron chi connectivity index (χ0n) is 24.8. The molecule has 5 aromatic rings. The minimum Gasteiger partial charge on any atom is -0.465 e. The van der Waals surface area contributed by atoms with Crippen molar-refractivity contribution >= 4 is 45.9 Å². The quantitative estimate of drug-likeness (QED) is 0.128. The number of anilines is 1. The van der Waals surface area contributed by atoms with Gasteiger partial charge in [-0.15, -0.1) is 0 Å². The summed E-state index contributed by atoms with van der Waals surface area (Å²) in [5.41, 5.74) is 7.65. The van der Waals surface area contributed by atoms with E-state index >= 15 is 0 Å². The number of rotatable bonds is 8. The van der Waals surface area contributed by atoms with Crippen LogP contribution in [0, 0.1) is 5.92 Å². The second-order valence-corrected chi connectivity index (χ2v) is 13.0. The first-order valence-electron chi connectivity index (χ1n) is 15.4. The van der Waals surface area contributed by atoms with Gasteiger partial charge < -0.3 is 14.2 Å². The Labute approximate surface area is 268 Å². The van der Waals surface area contributed by atoms with Crippen molar-refractivity contribution in [3.05, 3.63) is 129 Å². The van der Waals surface area contributed by atoms with E-state index in [1.807, 2.05) is 48.5 Å². The highest BCUT2D eigenvalue weighted by molar-refractivity contribution is 6.30. The molecule has 0 spiro atoms. The standard InChI is InChI=1S/C37H35Cl2N3O2/c1-44-37(43)28-8-15-32(16-9-28)41-20-18-24(19-21-41)23-42-34-22-29(10-17-33(34)40-36(42)27-2-3-27)35(25-4-11-30(38)12-5-25)26-6-13-31(39)14-7-26/h4-17,22,24,27,35H,2-3,18-21,23H2,1H3. The van der Waals surface area contributed by atoms with Gasteiger partial charge in [-0.25, -0.2) is 9.78 Å². The molecule has 1 aliphatic heterocycles. The summed E-state index contributed by atoms with van der Waals surface area (Å²) in [7, 11) is 1.41. The van der Waals surface area contributed by atoms with Crippen molar-refractivity contribution in [2.75, 3.05) is 25.1 Å². The minimum atomic E-state index is -0.301. The van der Waals surface area contributed by atoms with Crippen LogP contribution in [0.1, 0.15) is 70.4 Å². The fourth-order valence-corrected chi connectivity index (χ4v) is 6.88. The van der Waals surface area contributed by atoms with Crippen LogP contribution in [0.15, 0.2) is 91.0 Å². The number of esters is 1. The highest BCUT2D eigenvalue weighted by Crippen LogP contribution is 2.42. The van der Waals surface area contributed by atoms with Crippen LogP contribution < -0.4 is 4.90 Å². The van der Waals surface area contributed by atoms with E-state index in [4.69, 9.17) is 32.9 Å². The predicted octanol–water partition coefficient (Wildman–Crippen LogP) is 9.10. The van der Waals surface area contributed by atoms with Gasteiger partial charge in [-0.2, -0.15) is 0 Å². The van der Waals surface area contributed by atoms with Crippen LogP contribution in [-0.4, -0.2) is 35.7 Å². The molecule has 0 radical (unpaired) electrons. The number of aromatic nitrogens is 2. The Morgan fingerprint density at radius 2 is 1.41 bits per heavy atom. The molecule has 7 rings (SSSR count). The molecule has 0 N–H and O–H groups in total. The topological polar surface area (TPSA) is 47.4 Å². The van der Waals surface area contributed by atoms with Crippen LogP contribution in [0.5, 0.6) is 0 Å². The highest BCUT2D eigenvalue weighted by Gasteiger charge is 2.31. The van der Waals surface area contributed by atoms with E-state index in [1.165, 1.54) is 48.0 Å². The van der Waals surface area contributed by atoms with Crippen LogP contribution in [0.2, 0.25) is 10.0 Å². The Bertz CT molecular complexity index is 1720. The molecule has 2 fully saturated rings. The summed E-state index contributed by atoms with van der Waals surface area (Å²) in [4.78, 5) is 19.4. The number of carbonyl (C=O) groups excluding carboxylic acids is 1. The molecule has 5 nitrogen and oxygen atoms in total. The molecule has 1 saturated heterocycles. The summed E-state index contributed by atoms with van der Waals surface area (Å²) >= 11 is 12.6. The fraction of sp³-hybridized carbons (Fsp3) is 0.297. The molecule has 4 aromatic carbocycles. The smallest absolute Gasteiger partial charge is 0.337 e. The first kappa shape index (κ1) is 28.9. The van der Waals surface area contributed by atoms with Gasteiger partial charge in [0.2, 0.25) is 0 Å². The predicted molar refractivity (Wildman–Crippen MR) is 178 cm³/mol. The van der Waals surface area contributed by atoms with E-state index in [1.54, 1.807) is 0 Å². The summed E-state index contributed by atoms with van der Waals surface area (Å²) in [5.74, 6) is 2.12. The zero-order chi connectivity index (χ0) is 30.2. The second-order valence-electron chi connectivity index (χ2n) is 12.1. The fourth-order valence-electron chi connectivity index (χ4n) is 6.63. The Balaban J connectivity index is 1.17. The average Bonchev–Trinajstić information content (AvgIpc) is 3.85. The van der Waals surface area contributed by atoms with Gasteiger partial charge in [0, 0.05) is 47.2 Å². The van der Waals surface area contributed by atoms with Gasteiger partial charge in [0.1, 0.15) is 5.82 Å². The van der Waals surface area contributed by atoms with Crippen LogP contribution in [0.3, 0.4) is 0 Å². The van der Waals surface area contributed by atoms with Crippen molar-refractivity contribution in [2.45, 2.75) is 44.1 Å². The molecule has 2 aliphatic rings. The zero-order valence-corrected chi connectivity index (χ0v) is 26.3. The number of imidazole rings is 1. The molecule has 0 unspecified atom stereocenters. The number of ether oxygens (including phenoxy) is 1. The molecular weight excluding hydrogens is 589 g/mol. The van der Waals surface area contributed by atoms with Gasteiger partial charge in [0.15, 0.2) is 0 Å². The number of fused-ring (bicyclic) bond motifs is 1. The lowest BCUT2D eigenvalue weighted by Gasteiger charge is -2.34. The lowest BCUT2D eigenvalue weighted by Crippen LogP contribution is -2.35. The summed E-state index contributed by atoms with van der Waals surface area (Å²) < 4.78 is 7.38. The molecule has 0 amide bonds. The number of benzene rings is 4. The third-order valence-electron chi connectivity index (χ3n) is 9.19. The third kappa shape index (κ3) is 5.96. The number of methoxy groups -OCH3 is 1. The number of carbonyl (C=O) groups is 1. The van der Waals surface area contributed by atoms with Gasteiger partial charge in [-0.1, -0.05) is 53.5 Å². The normalized spacial score (nSPS) is 15.7. The Hall–Kier alpha value is -3.80. The van der Waals surface area contributed by atoms with E-state index in [0.29, 0.717) is 17.4 Å². The van der Waals surface area contributed by atoms with E-state index < -0.39 is 0 Å². The first-order chi connectivity index (χ1) is 21.5. The van der Waals surface area contributed by atoms with Crippen LogP contribution in [0.25, 0.3) is 11.0 Å². The van der Waals surface area contributed by atoms with E-state index in [0.717, 1.165) is 53.7 Å². The number of hydrogen-bond acceptors (Lipinski definition) is 4. The van der Waals surface area contributed by atoms with Gasteiger partial charge in [-0.3, -0.25) is 0 Å². The molecule has 2 heterocycles. The highest BCUT2D eigenvalue weighted by atomic mass is 35.5. The molecule has 7 heteroatoms. The van der Waals surface area contributed by atoms with Crippen molar-refractivity contribution in [3.63, 3.8) is 0 Å². The summed E-state index contributed by atoms with van der Waals surface area (Å²) in [5, 5.41) is 1.46. The number of nitrogens with zero attached hydrogens (tertiary/aromatic N) is 3. The van der Waals surface area contributed by atoms with Gasteiger partial charge in [-0.05, 0) is 109 Å². The molecular formula is C37H35Cl2N3O2. The third-order valence-corrected chi connectivity index (χ3v) is 9.70. The molecule has 1 aromatic heterocycles. The molecule has 0 atom stereocenters. The molecule has 44 heavy (non-hydrogen) atoms. The van der Waals surface area contributed by atoms with Crippen molar-refractivity contribution in [3.8, 4) is 0 Å². The largest absolute Gasteiger partial charge is 0.465 e. The van der Waals surface area contributed by atoms with Crippen molar-refractivity contribution < 1.29 is 9.53 Å². The monoisotopic (exact) mass is 623 g/mol. The molecule has 224 valence electrons. The Morgan fingerprint density at radius 1 is 0.818 bits per heavy atom. The summed E-state index contributed by atoms with van der Waals surface area (Å²) in [6, 6.07) is 30.9. The van der Waals surface area contributed by atoms with Gasteiger partial charge >= 0.3 is 5.97 Å². The Kier molecular flexibility index (Phi) is 8.09. The first-order valence-corrected chi connectivity index (χ1v) is 16.2. The maximum absolute atomic E-state index is 11.8. The molecule has 0 bridgehead atoms. The lowest BCUT2D eigenvalue weighted by atomic mass is 9.85. The molecule has 1 aliphatic carbocycles. The number of piperidine rings is 1. The second kappa shape index (κ2) is 12.3. The van der Waals surface area contributed by atoms with Crippen LogP contribution in [0.4, 0.5) is 5.69 Å². The minimum absolute atomic E-state index is 0.0514. The van der Waals surface area contributed by atoms with E-state index in [2.05, 4.69) is 51.9 Å². The van der Waals surface area contributed by atoms with Crippen molar-refractivity contribution in [1.82, 2.24) is 9.55 Å². The number of halogens is 2. The molecule has 1 saturated carbocycles. The average molecular weight is 625 g/mol. The maximum Gasteiger partial charge on any atom is 0.337 e. The van der Waals surface area contributed by atoms with Crippen molar-refractivity contribution in [2.24, 2.45) is 5.92 Å². The maximum atomic E-state index is 11.8. The van der Waals surface area contributed by atoms with Gasteiger partial charge in [0.05, 0.1) is 23.7 Å². The summed E-state index contributed by atoms with van der Waals surface area (Å²) in [6.45, 7) is 2.97. The number of hydrogen-bond donors (Lipinski definition) is 0. The van der Waals surface area contributed by atoms with Crippen LogP contribution in [-0.2, 0) is 11.3 Å². The Morgan fingerprint density at radius 3 is 1.98 bits per heavy atom.